The van der Waals surface area contributed by atoms with Crippen LogP contribution in [0.25, 0.3) is 0 Å². The van der Waals surface area contributed by atoms with Crippen molar-refractivity contribution < 1.29 is 47.1 Å². The molecule has 11 heteroatoms. The molecule has 0 spiro atoms. The summed E-state index contributed by atoms with van der Waals surface area (Å²) < 4.78 is 2.70. The maximum absolute atomic E-state index is 10.6. The van der Waals surface area contributed by atoms with E-state index in [4.69, 9.17) is 10.2 Å². The first-order valence-corrected chi connectivity index (χ1v) is 10.2. The van der Waals surface area contributed by atoms with Crippen LogP contribution in [0.15, 0.2) is 24.3 Å². The van der Waals surface area contributed by atoms with Gasteiger partial charge in [-0.15, -0.1) is 0 Å². The quantitative estimate of drug-likeness (QED) is 0.260. The van der Waals surface area contributed by atoms with Gasteiger partial charge in [0.1, 0.15) is 22.6 Å². The van der Waals surface area contributed by atoms with Crippen LogP contribution in [0, 0.1) is 14.3 Å². The van der Waals surface area contributed by atoms with Crippen molar-refractivity contribution in [1.29, 1.82) is 0 Å². The van der Waals surface area contributed by atoms with Crippen molar-refractivity contribution in [3.8, 4) is 11.5 Å². The van der Waals surface area contributed by atoms with Crippen molar-refractivity contribution in [1.82, 2.24) is 0 Å². The van der Waals surface area contributed by atoms with E-state index < -0.39 is 11.9 Å². The Morgan fingerprint density at radius 2 is 0.960 bits per heavy atom. The number of rotatable bonds is 2. The molecule has 1 radical (unpaired) electrons. The molecule has 0 unspecified atom stereocenters. The third-order valence-electron chi connectivity index (χ3n) is 2.52. The number of carbonyl (C=O) groups is 2. The second-order valence-electron chi connectivity index (χ2n) is 4.18. The molecule has 4 N–H and O–H groups in total. The van der Waals surface area contributed by atoms with E-state index in [-0.39, 0.29) is 39.7 Å². The fourth-order valence-corrected chi connectivity index (χ4v) is 5.15. The second kappa shape index (κ2) is 11.3. The van der Waals surface area contributed by atoms with Crippen LogP contribution in [0.5, 0.6) is 11.5 Å². The molecule has 0 aliphatic carbocycles. The molecule has 0 aliphatic rings. The summed E-state index contributed by atoms with van der Waals surface area (Å²) in [6.07, 6.45) is 0. The molecule has 0 amide bonds. The summed E-state index contributed by atoms with van der Waals surface area (Å²) >= 11 is 7.79. The Hall–Kier alpha value is 0.419. The van der Waals surface area contributed by atoms with E-state index >= 15 is 0 Å². The third kappa shape index (κ3) is 7.51. The van der Waals surface area contributed by atoms with E-state index in [0.717, 1.165) is 7.14 Å². The van der Waals surface area contributed by atoms with Crippen LogP contribution in [0.3, 0.4) is 0 Å². The molecule has 2 aromatic rings. The van der Waals surface area contributed by atoms with Crippen molar-refractivity contribution in [3.05, 3.63) is 49.7 Å². The molecule has 2 aromatic carbocycles. The van der Waals surface area contributed by atoms with Gasteiger partial charge in [0.2, 0.25) is 0 Å². The largest absolute Gasteiger partial charge is 0.506 e. The van der Waals surface area contributed by atoms with Crippen LogP contribution in [-0.4, -0.2) is 32.4 Å². The number of aromatic hydroxyl groups is 2. The zero-order chi connectivity index (χ0) is 18.6. The smallest absolute Gasteiger partial charge is 0.339 e. The fraction of sp³-hybridized carbons (Fsp3) is 0. The van der Waals surface area contributed by atoms with Gasteiger partial charge >= 0.3 is 11.9 Å². The van der Waals surface area contributed by atoms with Crippen LogP contribution in [0.4, 0.5) is 0 Å². The predicted octanol–water partition coefficient (Wildman–Crippen LogP) is 4.60. The molecule has 2 rings (SSSR count). The molecule has 6 nitrogen and oxygen atoms in total. The summed E-state index contributed by atoms with van der Waals surface area (Å²) in [5.41, 5.74) is -0.0994. The number of hydrogen-bond donors (Lipinski definition) is 4. The summed E-state index contributed by atoms with van der Waals surface area (Å²) in [6.45, 7) is 0. The standard InChI is InChI=1S/2C7H4I2O3.Cu/c2*8-3-1-4(7(11)12)6(10)5(9)2-3;/h2*1-2,10H,(H,11,12);. The first kappa shape index (κ1) is 25.4. The molecule has 0 bridgehead atoms. The molecule has 0 saturated carbocycles. The maximum atomic E-state index is 10.6. The third-order valence-corrected chi connectivity index (χ3v) is 5.41. The van der Waals surface area contributed by atoms with Crippen molar-refractivity contribution in [2.45, 2.75) is 0 Å². The Morgan fingerprint density at radius 1 is 0.680 bits per heavy atom. The van der Waals surface area contributed by atoms with Gasteiger partial charge in [-0.1, -0.05) is 0 Å². The topological polar surface area (TPSA) is 115 Å². The van der Waals surface area contributed by atoms with E-state index in [0.29, 0.717) is 7.14 Å². The van der Waals surface area contributed by atoms with Gasteiger partial charge in [-0.2, -0.15) is 0 Å². The Morgan fingerprint density at radius 3 is 1.20 bits per heavy atom. The molecule has 25 heavy (non-hydrogen) atoms. The van der Waals surface area contributed by atoms with E-state index in [9.17, 15) is 19.8 Å². The maximum Gasteiger partial charge on any atom is 0.339 e. The van der Waals surface area contributed by atoms with Crippen LogP contribution in [0.1, 0.15) is 20.7 Å². The molecule has 0 heterocycles. The monoisotopic (exact) mass is 843 g/mol. The molecular formula is C14H8CuI4O6. The molecule has 0 aromatic heterocycles. The molecule has 139 valence electrons. The van der Waals surface area contributed by atoms with Gasteiger partial charge in [-0.05, 0) is 115 Å². The molecule has 0 fully saturated rings. The molecule has 0 aliphatic heterocycles. The number of carboxylic acid groups (broad SMARTS) is 2. The van der Waals surface area contributed by atoms with Gasteiger partial charge in [0, 0.05) is 24.2 Å². The Bertz CT molecular complexity index is 745. The normalized spacial score (nSPS) is 9.44. The number of hydrogen-bond acceptors (Lipinski definition) is 4. The predicted molar refractivity (Wildman–Crippen MR) is 121 cm³/mol. The molecule has 0 atom stereocenters. The summed E-state index contributed by atoms with van der Waals surface area (Å²) in [5.74, 6) is -2.54. The Balaban J connectivity index is 0.000000443. The number of aromatic carboxylic acids is 2. The minimum absolute atomic E-state index is 0. The minimum atomic E-state index is -1.11. The number of halogens is 4. The zero-order valence-electron chi connectivity index (χ0n) is 11.7. The van der Waals surface area contributed by atoms with Gasteiger partial charge in [0.05, 0.1) is 7.14 Å². The number of carboxylic acids is 2. The van der Waals surface area contributed by atoms with Crippen molar-refractivity contribution in [2.75, 3.05) is 0 Å². The van der Waals surface area contributed by atoms with Crippen molar-refractivity contribution in [2.24, 2.45) is 0 Å². The van der Waals surface area contributed by atoms with Gasteiger partial charge < -0.3 is 20.4 Å². The van der Waals surface area contributed by atoms with E-state index in [1.165, 1.54) is 12.1 Å². The summed E-state index contributed by atoms with van der Waals surface area (Å²) in [6, 6.07) is 6.28. The summed E-state index contributed by atoms with van der Waals surface area (Å²) in [5, 5.41) is 35.9. The Labute approximate surface area is 207 Å². The average molecular weight is 843 g/mol. The van der Waals surface area contributed by atoms with Crippen LogP contribution >= 0.6 is 90.4 Å². The van der Waals surface area contributed by atoms with Crippen molar-refractivity contribution in [3.63, 3.8) is 0 Å². The van der Waals surface area contributed by atoms with E-state index in [1.807, 2.05) is 90.4 Å². The van der Waals surface area contributed by atoms with Crippen molar-refractivity contribution >= 4 is 102 Å². The summed E-state index contributed by atoms with van der Waals surface area (Å²) in [7, 11) is 0. The number of benzene rings is 2. The molecular weight excluding hydrogens is 835 g/mol. The zero-order valence-corrected chi connectivity index (χ0v) is 21.3. The van der Waals surface area contributed by atoms with Gasteiger partial charge in [0.25, 0.3) is 0 Å². The fourth-order valence-electron chi connectivity index (χ4n) is 1.46. The first-order valence-electron chi connectivity index (χ1n) is 5.87. The van der Waals surface area contributed by atoms with Crippen LogP contribution in [0.2, 0.25) is 0 Å². The number of phenols is 2. The van der Waals surface area contributed by atoms with Gasteiger partial charge in [-0.25, -0.2) is 9.59 Å². The second-order valence-corrected chi connectivity index (χ2v) is 8.99. The Kier molecular flexibility index (Phi) is 11.5. The SMILES string of the molecule is O=C(O)c1cc(I)cc(I)c1O.O=C(O)c1cc(I)cc(I)c1O.[Cu]. The van der Waals surface area contributed by atoms with E-state index in [1.54, 1.807) is 12.1 Å². The first-order chi connectivity index (χ1) is 11.0. The molecule has 0 saturated heterocycles. The average Bonchev–Trinajstić information content (AvgIpc) is 2.46. The van der Waals surface area contributed by atoms with E-state index in [2.05, 4.69) is 0 Å². The van der Waals surface area contributed by atoms with Gasteiger partial charge in [0.15, 0.2) is 0 Å². The van der Waals surface area contributed by atoms with Crippen LogP contribution in [-0.2, 0) is 17.1 Å². The van der Waals surface area contributed by atoms with Gasteiger partial charge in [-0.3, -0.25) is 0 Å². The summed E-state index contributed by atoms with van der Waals surface area (Å²) in [4.78, 5) is 21.1. The van der Waals surface area contributed by atoms with Crippen LogP contribution < -0.4 is 0 Å². The minimum Gasteiger partial charge on any atom is -0.506 e.